The van der Waals surface area contributed by atoms with Crippen LogP contribution in [0.2, 0.25) is 0 Å². The lowest BCUT2D eigenvalue weighted by atomic mass is 9.82. The summed E-state index contributed by atoms with van der Waals surface area (Å²) in [6.07, 6.45) is 8.93. The standard InChI is InChI=1S/C64H81FN10O8/c1-3-83-57-38-51(82-2)20-19-49(57)39-66-40-58(76)75-24-10-15-50(42-75)47-13-9-14-48(37-47)61(78)67-60(46-11-5-4-6-12-46)64(81)73-25-22-44(23-26-73)41-70-27-29-71(30-28-70)43-59(77)72-31-33-74(34-32-72)63(80)54-35-45(18-21-55(54)65)36-56-52-16-7-8-17-53(52)62(79)69-68-56/h7-9,13-14,16-21,35,37-38,44,46,50,60,66H,3-6,10-12,15,22-34,36,39-43H2,1-2H3,(H,67,78)(H,69,79)/t50-,60-/m1/s1. The van der Waals surface area contributed by atoms with Crippen LogP contribution in [0.3, 0.4) is 0 Å². The Morgan fingerprint density at radius 3 is 2.23 bits per heavy atom. The summed E-state index contributed by atoms with van der Waals surface area (Å²) in [5.74, 6) is 0.887. The molecule has 0 unspecified atom stereocenters. The number of hydrogen-bond donors (Lipinski definition) is 3. The van der Waals surface area contributed by atoms with Gasteiger partial charge in [0.05, 0.1) is 43.4 Å². The Balaban J connectivity index is 0.650. The van der Waals surface area contributed by atoms with Gasteiger partial charge in [0.2, 0.25) is 17.7 Å². The summed E-state index contributed by atoms with van der Waals surface area (Å²) in [7, 11) is 1.62. The van der Waals surface area contributed by atoms with Gasteiger partial charge in [-0.1, -0.05) is 61.7 Å². The van der Waals surface area contributed by atoms with Gasteiger partial charge in [0.1, 0.15) is 23.4 Å². The first-order chi connectivity index (χ1) is 40.4. The molecule has 4 aromatic carbocycles. The van der Waals surface area contributed by atoms with E-state index in [1.54, 1.807) is 41.2 Å². The first-order valence-corrected chi connectivity index (χ1v) is 30.2. The van der Waals surface area contributed by atoms with E-state index in [0.717, 1.165) is 107 Å². The molecule has 442 valence electrons. The Hall–Kier alpha value is -7.22. The van der Waals surface area contributed by atoms with E-state index in [1.165, 1.54) is 6.07 Å². The van der Waals surface area contributed by atoms with Crippen molar-refractivity contribution in [1.82, 2.24) is 50.2 Å². The topological polar surface area (TPSA) is 193 Å². The Morgan fingerprint density at radius 1 is 0.723 bits per heavy atom. The number of aromatic nitrogens is 2. The largest absolute Gasteiger partial charge is 0.497 e. The number of hydrogen-bond acceptors (Lipinski definition) is 12. The van der Waals surface area contributed by atoms with Gasteiger partial charge in [-0.2, -0.15) is 5.10 Å². The summed E-state index contributed by atoms with van der Waals surface area (Å²) in [5.41, 5.74) is 3.51. The predicted molar refractivity (Wildman–Crippen MR) is 315 cm³/mol. The van der Waals surface area contributed by atoms with Gasteiger partial charge in [0, 0.05) is 127 Å². The Kier molecular flexibility index (Phi) is 19.8. The van der Waals surface area contributed by atoms with E-state index in [-0.39, 0.29) is 53.1 Å². The van der Waals surface area contributed by atoms with E-state index >= 15 is 4.39 Å². The molecule has 5 heterocycles. The molecular formula is C64H81FN10O8. The number of halogens is 1. The van der Waals surface area contributed by atoms with Crippen molar-refractivity contribution >= 4 is 40.3 Å². The number of H-pyrrole nitrogens is 1. The molecule has 4 aliphatic heterocycles. The van der Waals surface area contributed by atoms with Crippen LogP contribution in [0, 0.1) is 17.7 Å². The molecule has 4 saturated heterocycles. The number of fused-ring (bicyclic) bond motifs is 1. The molecule has 1 aliphatic carbocycles. The molecule has 3 N–H and O–H groups in total. The minimum absolute atomic E-state index is 0.0218. The number of ether oxygens (including phenoxy) is 2. The molecule has 5 amide bonds. The van der Waals surface area contributed by atoms with Crippen LogP contribution in [0.15, 0.2) is 89.7 Å². The molecule has 83 heavy (non-hydrogen) atoms. The number of nitrogens with one attached hydrogen (secondary N) is 3. The number of piperazine rings is 2. The van der Waals surface area contributed by atoms with E-state index in [4.69, 9.17) is 9.47 Å². The fourth-order valence-electron chi connectivity index (χ4n) is 13.0. The van der Waals surface area contributed by atoms with Gasteiger partial charge in [0.15, 0.2) is 0 Å². The average Bonchev–Trinajstić information content (AvgIpc) is 3.61. The van der Waals surface area contributed by atoms with Crippen molar-refractivity contribution < 1.29 is 37.8 Å². The van der Waals surface area contributed by atoms with Gasteiger partial charge in [0.25, 0.3) is 17.4 Å². The summed E-state index contributed by atoms with van der Waals surface area (Å²) in [4.78, 5) is 93.7. The van der Waals surface area contributed by atoms with Gasteiger partial charge in [-0.05, 0) is 105 Å². The summed E-state index contributed by atoms with van der Waals surface area (Å²) >= 11 is 0. The number of piperidine rings is 2. The maximum absolute atomic E-state index is 15.2. The molecule has 5 fully saturated rings. The smallest absolute Gasteiger partial charge is 0.272 e. The SMILES string of the molecule is CCOc1cc(OC)ccc1CNCC(=O)N1CCC[C@@H](c2cccc(C(=O)N[C@@H](C(=O)N3CCC(CN4CCN(CC(=O)N5CCN(C(=O)c6cc(Cc7n[nH]c(=O)c8ccccc78)ccc6F)CC5)CC4)CC3)C3CCCCC3)c2)C1. The lowest BCUT2D eigenvalue weighted by Crippen LogP contribution is -2.55. The van der Waals surface area contributed by atoms with Crippen molar-refractivity contribution in [1.29, 1.82) is 0 Å². The number of carbonyl (C=O) groups excluding carboxylic acids is 5. The summed E-state index contributed by atoms with van der Waals surface area (Å²) in [6, 6.07) is 24.5. The second kappa shape index (κ2) is 27.9. The Morgan fingerprint density at radius 2 is 1.47 bits per heavy atom. The third kappa shape index (κ3) is 14.8. The molecule has 5 aliphatic rings. The first kappa shape index (κ1) is 59.0. The average molecular weight is 1140 g/mol. The lowest BCUT2D eigenvalue weighted by Gasteiger charge is -2.41. The molecule has 2 atom stereocenters. The van der Waals surface area contributed by atoms with Crippen LogP contribution < -0.4 is 25.7 Å². The van der Waals surface area contributed by atoms with E-state index in [1.807, 2.05) is 71.3 Å². The van der Waals surface area contributed by atoms with Crippen molar-refractivity contribution in [3.8, 4) is 11.5 Å². The minimum atomic E-state index is -0.610. The fourth-order valence-corrected chi connectivity index (χ4v) is 13.0. The van der Waals surface area contributed by atoms with Gasteiger partial charge >= 0.3 is 0 Å². The molecule has 0 spiro atoms. The van der Waals surface area contributed by atoms with Crippen molar-refractivity contribution in [2.45, 2.75) is 89.6 Å². The van der Waals surface area contributed by atoms with E-state index in [2.05, 4.69) is 30.6 Å². The van der Waals surface area contributed by atoms with Gasteiger partial charge < -0.3 is 44.6 Å². The Labute approximate surface area is 486 Å². The van der Waals surface area contributed by atoms with Gasteiger partial charge in [-0.25, -0.2) is 9.49 Å². The third-order valence-corrected chi connectivity index (χ3v) is 17.8. The van der Waals surface area contributed by atoms with E-state index < -0.39 is 17.8 Å². The van der Waals surface area contributed by atoms with Crippen molar-refractivity contribution in [3.63, 3.8) is 0 Å². The number of nitrogens with zero attached hydrogens (tertiary/aromatic N) is 7. The number of carbonyl (C=O) groups is 5. The van der Waals surface area contributed by atoms with Crippen molar-refractivity contribution in [2.24, 2.45) is 11.8 Å². The maximum Gasteiger partial charge on any atom is 0.272 e. The fraction of sp³-hybridized carbons (Fsp3) is 0.516. The number of methoxy groups -OCH3 is 1. The van der Waals surface area contributed by atoms with E-state index in [0.29, 0.717) is 118 Å². The van der Waals surface area contributed by atoms with Crippen LogP contribution in [0.5, 0.6) is 11.5 Å². The molecule has 10 rings (SSSR count). The Bertz CT molecular complexity index is 3140. The van der Waals surface area contributed by atoms with Crippen LogP contribution in [0.4, 0.5) is 4.39 Å². The normalized spacial score (nSPS) is 19.1. The summed E-state index contributed by atoms with van der Waals surface area (Å²) < 4.78 is 26.3. The summed E-state index contributed by atoms with van der Waals surface area (Å²) in [5, 5.41) is 14.6. The van der Waals surface area contributed by atoms with Crippen LogP contribution in [0.1, 0.15) is 114 Å². The molecule has 19 heteroatoms. The molecule has 0 radical (unpaired) electrons. The number of benzene rings is 4. The van der Waals surface area contributed by atoms with Crippen LogP contribution >= 0.6 is 0 Å². The number of amides is 5. The third-order valence-electron chi connectivity index (χ3n) is 17.8. The highest BCUT2D eigenvalue weighted by Gasteiger charge is 2.37. The zero-order chi connectivity index (χ0) is 57.8. The van der Waals surface area contributed by atoms with Crippen LogP contribution in [-0.2, 0) is 27.3 Å². The second-order valence-corrected chi connectivity index (χ2v) is 23.2. The number of likely N-dealkylation sites (tertiary alicyclic amines) is 2. The highest BCUT2D eigenvalue weighted by Crippen LogP contribution is 2.32. The van der Waals surface area contributed by atoms with Crippen LogP contribution in [0.25, 0.3) is 10.8 Å². The molecule has 18 nitrogen and oxygen atoms in total. The summed E-state index contributed by atoms with van der Waals surface area (Å²) in [6.45, 7) is 11.6. The molecule has 1 saturated carbocycles. The van der Waals surface area contributed by atoms with Crippen molar-refractivity contribution in [3.05, 3.63) is 135 Å². The number of aromatic amines is 1. The molecule has 5 aromatic rings. The van der Waals surface area contributed by atoms with Gasteiger partial charge in [-0.3, -0.25) is 33.7 Å². The maximum atomic E-state index is 15.2. The first-order valence-electron chi connectivity index (χ1n) is 30.2. The quantitative estimate of drug-likeness (QED) is 0.0866. The van der Waals surface area contributed by atoms with Crippen LogP contribution in [-0.4, -0.2) is 187 Å². The van der Waals surface area contributed by atoms with E-state index in [9.17, 15) is 28.8 Å². The zero-order valence-corrected chi connectivity index (χ0v) is 48.3. The highest BCUT2D eigenvalue weighted by molar-refractivity contribution is 5.98. The lowest BCUT2D eigenvalue weighted by molar-refractivity contribution is -0.137. The predicted octanol–water partition coefficient (Wildman–Crippen LogP) is 6.08. The molecule has 1 aromatic heterocycles. The minimum Gasteiger partial charge on any atom is -0.497 e. The molecular weight excluding hydrogens is 1060 g/mol. The molecule has 0 bridgehead atoms. The highest BCUT2D eigenvalue weighted by atomic mass is 19.1. The number of rotatable bonds is 19. The van der Waals surface area contributed by atoms with Gasteiger partial charge in [-0.15, -0.1) is 0 Å². The zero-order valence-electron chi connectivity index (χ0n) is 48.3. The monoisotopic (exact) mass is 1140 g/mol. The second-order valence-electron chi connectivity index (χ2n) is 23.2. The van der Waals surface area contributed by atoms with Crippen molar-refractivity contribution in [2.75, 3.05) is 112 Å².